The van der Waals surface area contributed by atoms with Crippen molar-refractivity contribution >= 4 is 26.7 Å². The van der Waals surface area contributed by atoms with Crippen molar-refractivity contribution in [2.24, 2.45) is 3.25 Å². The lowest BCUT2D eigenvalue weighted by molar-refractivity contribution is -0.0498. The van der Waals surface area contributed by atoms with Gasteiger partial charge in [-0.2, -0.15) is 8.78 Å². The molecule has 1 aliphatic heterocycles. The minimum Gasteiger partial charge on any atom is -0.435 e. The normalized spacial score (nSPS) is 13.5. The Morgan fingerprint density at radius 2 is 2.31 bits per heavy atom. The summed E-state index contributed by atoms with van der Waals surface area (Å²) in [7, 11) is 0. The van der Waals surface area contributed by atoms with E-state index in [1.165, 1.54) is 6.07 Å². The summed E-state index contributed by atoms with van der Waals surface area (Å²) in [5.41, 5.74) is 3.71. The molecule has 0 amide bonds. The number of fused-ring (bicyclic) bond motifs is 1. The Morgan fingerprint density at radius 1 is 1.46 bits per heavy atom. The van der Waals surface area contributed by atoms with Crippen molar-refractivity contribution in [3.05, 3.63) is 21.8 Å². The predicted octanol–water partition coefficient (Wildman–Crippen LogP) is 2.95. The van der Waals surface area contributed by atoms with Gasteiger partial charge in [-0.05, 0) is 18.2 Å². The Balaban J connectivity index is 2.25. The molecule has 0 aliphatic carbocycles. The second-order valence-electron chi connectivity index (χ2n) is 2.30. The molecule has 0 atom stereocenters. The van der Waals surface area contributed by atoms with Crippen LogP contribution in [0.4, 0.5) is 14.5 Å². The van der Waals surface area contributed by atoms with Crippen molar-refractivity contribution in [1.82, 2.24) is 0 Å². The van der Waals surface area contributed by atoms with Crippen LogP contribution in [0.3, 0.4) is 0 Å². The van der Waals surface area contributed by atoms with Crippen molar-refractivity contribution in [2.75, 3.05) is 5.43 Å². The fourth-order valence-corrected chi connectivity index (χ4v) is 2.59. The summed E-state index contributed by atoms with van der Waals surface area (Å²) < 4.78 is 32.9. The molecule has 0 aromatic heterocycles. The first kappa shape index (κ1) is 8.79. The summed E-state index contributed by atoms with van der Waals surface area (Å²) in [6, 6.07) is 4.81. The lowest BCUT2D eigenvalue weighted by Gasteiger charge is -2.04. The zero-order valence-electron chi connectivity index (χ0n) is 6.30. The quantitative estimate of drug-likeness (QED) is 0.852. The number of hydrogen-bond acceptors (Lipinski definition) is 3. The standard InChI is InChI=1S/C7H5F2IN2O/c8-7(9)13-4-1-2-6-5(3-4)10-12-11-6/h1-3,7,11H. The Bertz CT molecular complexity index is 356. The van der Waals surface area contributed by atoms with E-state index in [1.807, 2.05) is 0 Å². The number of nitrogens with one attached hydrogen (secondary N) is 1. The van der Waals surface area contributed by atoms with Gasteiger partial charge in [0.1, 0.15) is 5.75 Å². The molecule has 3 nitrogen and oxygen atoms in total. The highest BCUT2D eigenvalue weighted by Crippen LogP contribution is 2.32. The minimum atomic E-state index is -2.76. The zero-order chi connectivity index (χ0) is 9.26. The van der Waals surface area contributed by atoms with E-state index >= 15 is 0 Å². The maximum atomic E-state index is 11.8. The Hall–Kier alpha value is -0.790. The first-order chi connectivity index (χ1) is 6.25. The van der Waals surface area contributed by atoms with E-state index in [4.69, 9.17) is 0 Å². The number of rotatable bonds is 2. The van der Waals surface area contributed by atoms with Gasteiger partial charge in [-0.15, -0.1) is 3.25 Å². The lowest BCUT2D eigenvalue weighted by Crippen LogP contribution is -2.01. The molecule has 0 saturated carbocycles. The van der Waals surface area contributed by atoms with E-state index in [9.17, 15) is 8.78 Å². The van der Waals surface area contributed by atoms with Crippen molar-refractivity contribution in [3.8, 4) is 5.75 Å². The van der Waals surface area contributed by atoms with Crippen LogP contribution in [-0.2, 0) is 0 Å². The van der Waals surface area contributed by atoms with Gasteiger partial charge in [-0.25, -0.2) is 0 Å². The maximum absolute atomic E-state index is 11.8. The highest BCUT2D eigenvalue weighted by molar-refractivity contribution is 14.2. The molecule has 1 heterocycles. The second-order valence-corrected chi connectivity index (χ2v) is 4.43. The lowest BCUT2D eigenvalue weighted by atomic mass is 10.3. The molecule has 0 bridgehead atoms. The second kappa shape index (κ2) is 3.52. The first-order valence-corrected chi connectivity index (χ1v) is 5.49. The zero-order valence-corrected chi connectivity index (χ0v) is 8.46. The van der Waals surface area contributed by atoms with Crippen LogP contribution in [0.1, 0.15) is 0 Å². The van der Waals surface area contributed by atoms with Gasteiger partial charge in [0, 0.05) is 0 Å². The third-order valence-electron chi connectivity index (χ3n) is 1.46. The fraction of sp³-hybridized carbons (Fsp3) is 0.143. The number of hydrogen-bond donors (Lipinski definition) is 1. The number of anilines is 1. The summed E-state index contributed by atoms with van der Waals surface area (Å²) in [4.78, 5) is 0. The smallest absolute Gasteiger partial charge is 0.387 e. The summed E-state index contributed by atoms with van der Waals surface area (Å²) in [5, 5.41) is 0. The highest BCUT2D eigenvalue weighted by atomic mass is 127. The summed E-state index contributed by atoms with van der Waals surface area (Å²) >= 11 is -0.431. The largest absolute Gasteiger partial charge is 0.435 e. The Morgan fingerprint density at radius 3 is 3.08 bits per heavy atom. The number of halogens is 3. The SMILES string of the molecule is FC(F)Oc1ccc2c(c1)I=NN2. The molecule has 0 unspecified atom stereocenters. The minimum absolute atomic E-state index is 0.201. The van der Waals surface area contributed by atoms with Gasteiger partial charge in [-0.1, -0.05) is 0 Å². The molecule has 1 aromatic rings. The number of benzene rings is 1. The topological polar surface area (TPSA) is 33.6 Å². The molecule has 6 heteroatoms. The molecular formula is C7H5F2IN2O. The number of ether oxygens (including phenoxy) is 1. The van der Waals surface area contributed by atoms with E-state index in [-0.39, 0.29) is 5.75 Å². The monoisotopic (exact) mass is 298 g/mol. The molecule has 13 heavy (non-hydrogen) atoms. The van der Waals surface area contributed by atoms with Crippen LogP contribution in [0.15, 0.2) is 21.5 Å². The van der Waals surface area contributed by atoms with Crippen molar-refractivity contribution in [1.29, 1.82) is 0 Å². The van der Waals surface area contributed by atoms with Crippen molar-refractivity contribution in [3.63, 3.8) is 0 Å². The van der Waals surface area contributed by atoms with E-state index < -0.39 is 27.6 Å². The van der Waals surface area contributed by atoms with E-state index in [2.05, 4.69) is 13.4 Å². The van der Waals surface area contributed by atoms with Crippen molar-refractivity contribution in [2.45, 2.75) is 6.61 Å². The first-order valence-electron chi connectivity index (χ1n) is 3.45. The van der Waals surface area contributed by atoms with Crippen LogP contribution in [0, 0.1) is 3.57 Å². The molecule has 0 saturated heterocycles. The summed E-state index contributed by atoms with van der Waals surface area (Å²) in [5.74, 6) is 0.201. The van der Waals surface area contributed by atoms with Gasteiger partial charge in [0.15, 0.2) is 0 Å². The van der Waals surface area contributed by atoms with Crippen LogP contribution < -0.4 is 10.2 Å². The fourth-order valence-electron chi connectivity index (χ4n) is 0.945. The van der Waals surface area contributed by atoms with E-state index in [1.54, 1.807) is 12.1 Å². The molecule has 1 aromatic carbocycles. The molecule has 70 valence electrons. The Kier molecular flexibility index (Phi) is 2.38. The molecule has 1 N–H and O–H groups in total. The van der Waals surface area contributed by atoms with E-state index in [0.717, 1.165) is 9.26 Å². The average molecular weight is 298 g/mol. The molecule has 2 rings (SSSR count). The maximum Gasteiger partial charge on any atom is 0.387 e. The van der Waals surface area contributed by atoms with Crippen LogP contribution in [0.25, 0.3) is 0 Å². The molecular weight excluding hydrogens is 293 g/mol. The van der Waals surface area contributed by atoms with E-state index in [0.29, 0.717) is 0 Å². The van der Waals surface area contributed by atoms with Crippen LogP contribution in [-0.4, -0.2) is 6.61 Å². The van der Waals surface area contributed by atoms with Crippen LogP contribution >= 0.6 is 21.0 Å². The highest BCUT2D eigenvalue weighted by Gasteiger charge is 2.10. The average Bonchev–Trinajstić information content (AvgIpc) is 2.49. The Labute approximate surface area is 83.2 Å². The van der Waals surface area contributed by atoms with Gasteiger partial charge in [-0.3, -0.25) is 5.43 Å². The van der Waals surface area contributed by atoms with Gasteiger partial charge in [0.25, 0.3) is 0 Å². The summed E-state index contributed by atoms with van der Waals surface area (Å²) in [6.45, 7) is -2.76. The molecule has 0 fully saturated rings. The van der Waals surface area contributed by atoms with Crippen molar-refractivity contribution < 1.29 is 13.5 Å². The third kappa shape index (κ3) is 1.93. The summed E-state index contributed by atoms with van der Waals surface area (Å²) in [6.07, 6.45) is 0. The molecule has 0 radical (unpaired) electrons. The predicted molar refractivity (Wildman–Crippen MR) is 51.8 cm³/mol. The van der Waals surface area contributed by atoms with Gasteiger partial charge in [0.2, 0.25) is 0 Å². The van der Waals surface area contributed by atoms with Crippen LogP contribution in [0.5, 0.6) is 5.75 Å². The van der Waals surface area contributed by atoms with Gasteiger partial charge < -0.3 is 4.74 Å². The molecule has 0 spiro atoms. The van der Waals surface area contributed by atoms with Gasteiger partial charge >= 0.3 is 6.61 Å². The van der Waals surface area contributed by atoms with Crippen LogP contribution in [0.2, 0.25) is 0 Å². The third-order valence-corrected chi connectivity index (χ3v) is 3.36. The number of alkyl halides is 2. The number of nitrogens with zero attached hydrogens (tertiary/aromatic N) is 1. The molecule has 1 aliphatic rings. The van der Waals surface area contributed by atoms with Gasteiger partial charge in [0.05, 0.1) is 30.3 Å².